The third-order valence-electron chi connectivity index (χ3n) is 3.16. The summed E-state index contributed by atoms with van der Waals surface area (Å²) in [7, 11) is 0. The quantitative estimate of drug-likeness (QED) is 0.852. The zero-order chi connectivity index (χ0) is 15.4. The number of anilines is 1. The molecule has 114 valence electrons. The van der Waals surface area contributed by atoms with Crippen LogP contribution in [-0.4, -0.2) is 24.4 Å². The topological polar surface area (TPSA) is 42.5 Å². The number of para-hydroxylation sites is 2. The van der Waals surface area contributed by atoms with E-state index in [0.717, 1.165) is 17.2 Å². The molecule has 0 spiro atoms. The molecular weight excluding hydrogens is 303 g/mol. The minimum atomic E-state index is -0.282. The highest BCUT2D eigenvalue weighted by Crippen LogP contribution is 2.30. The maximum atomic E-state index is 12.8. The highest BCUT2D eigenvalue weighted by molar-refractivity contribution is 7.80. The molecule has 0 radical (unpaired) electrons. The van der Waals surface area contributed by atoms with Crippen molar-refractivity contribution in [1.29, 1.82) is 0 Å². The fraction of sp³-hybridized carbons (Fsp3) is 0.188. The highest BCUT2D eigenvalue weighted by Gasteiger charge is 2.20. The van der Waals surface area contributed by atoms with Crippen LogP contribution >= 0.6 is 12.2 Å². The lowest BCUT2D eigenvalue weighted by molar-refractivity contribution is 0.0939. The van der Waals surface area contributed by atoms with Gasteiger partial charge in [-0.2, -0.15) is 0 Å². The first-order valence-electron chi connectivity index (χ1n) is 6.89. The van der Waals surface area contributed by atoms with Crippen molar-refractivity contribution in [3.8, 4) is 11.5 Å². The SMILES string of the molecule is Fc1ccc(NC(=S)NC[C@@H]2COc3ccccc3O2)cc1. The van der Waals surface area contributed by atoms with Crippen molar-refractivity contribution >= 4 is 23.0 Å². The van der Waals surface area contributed by atoms with Gasteiger partial charge in [-0.3, -0.25) is 0 Å². The molecular formula is C16H15FN2O2S. The van der Waals surface area contributed by atoms with Gasteiger partial charge in [0, 0.05) is 5.69 Å². The van der Waals surface area contributed by atoms with Gasteiger partial charge in [-0.05, 0) is 48.6 Å². The fourth-order valence-corrected chi connectivity index (χ4v) is 2.28. The van der Waals surface area contributed by atoms with Crippen LogP contribution in [0.5, 0.6) is 11.5 Å². The summed E-state index contributed by atoms with van der Waals surface area (Å²) >= 11 is 5.20. The normalized spacial score (nSPS) is 16.0. The number of hydrogen-bond acceptors (Lipinski definition) is 3. The molecule has 0 fully saturated rings. The average Bonchev–Trinajstić information content (AvgIpc) is 2.55. The van der Waals surface area contributed by atoms with Crippen molar-refractivity contribution in [2.24, 2.45) is 0 Å². The fourth-order valence-electron chi connectivity index (χ4n) is 2.08. The van der Waals surface area contributed by atoms with Gasteiger partial charge in [0.15, 0.2) is 16.6 Å². The van der Waals surface area contributed by atoms with Gasteiger partial charge < -0.3 is 20.1 Å². The molecule has 2 aromatic carbocycles. The Hall–Kier alpha value is -2.34. The van der Waals surface area contributed by atoms with Crippen LogP contribution in [0.2, 0.25) is 0 Å². The summed E-state index contributed by atoms with van der Waals surface area (Å²) in [6.45, 7) is 0.977. The Bertz CT molecular complexity index is 663. The Morgan fingerprint density at radius 2 is 1.86 bits per heavy atom. The number of thiocarbonyl (C=S) groups is 1. The molecule has 2 N–H and O–H groups in total. The lowest BCUT2D eigenvalue weighted by atomic mass is 10.2. The monoisotopic (exact) mass is 318 g/mol. The zero-order valence-corrected chi connectivity index (χ0v) is 12.5. The van der Waals surface area contributed by atoms with Crippen LogP contribution in [-0.2, 0) is 0 Å². The van der Waals surface area contributed by atoms with E-state index in [0.29, 0.717) is 18.3 Å². The van der Waals surface area contributed by atoms with E-state index in [-0.39, 0.29) is 11.9 Å². The molecule has 1 aliphatic rings. The van der Waals surface area contributed by atoms with Crippen molar-refractivity contribution in [3.05, 3.63) is 54.3 Å². The Morgan fingerprint density at radius 1 is 1.14 bits per heavy atom. The molecule has 4 nitrogen and oxygen atoms in total. The molecule has 1 aliphatic heterocycles. The number of fused-ring (bicyclic) bond motifs is 1. The summed E-state index contributed by atoms with van der Waals surface area (Å²) in [5.74, 6) is 1.21. The summed E-state index contributed by atoms with van der Waals surface area (Å²) < 4.78 is 24.3. The molecule has 0 aliphatic carbocycles. The number of hydrogen-bond donors (Lipinski definition) is 2. The van der Waals surface area contributed by atoms with E-state index in [1.807, 2.05) is 24.3 Å². The van der Waals surface area contributed by atoms with E-state index in [2.05, 4.69) is 10.6 Å². The first-order chi connectivity index (χ1) is 10.7. The summed E-state index contributed by atoms with van der Waals surface area (Å²) in [6.07, 6.45) is -0.122. The molecule has 6 heteroatoms. The predicted molar refractivity (Wildman–Crippen MR) is 87.0 cm³/mol. The lowest BCUT2D eigenvalue weighted by Gasteiger charge is -2.26. The van der Waals surface area contributed by atoms with Gasteiger partial charge in [-0.1, -0.05) is 12.1 Å². The summed E-state index contributed by atoms with van der Waals surface area (Å²) in [6, 6.07) is 13.6. The molecule has 0 bridgehead atoms. The van der Waals surface area contributed by atoms with Gasteiger partial charge in [-0.15, -0.1) is 0 Å². The highest BCUT2D eigenvalue weighted by atomic mass is 32.1. The Labute approximate surface area is 133 Å². The molecule has 2 aromatic rings. The third kappa shape index (κ3) is 3.65. The summed E-state index contributed by atoms with van der Waals surface area (Å²) in [5.41, 5.74) is 0.727. The van der Waals surface area contributed by atoms with Gasteiger partial charge in [-0.25, -0.2) is 4.39 Å². The molecule has 1 atom stereocenters. The van der Waals surface area contributed by atoms with Crippen molar-refractivity contribution in [2.75, 3.05) is 18.5 Å². The molecule has 3 rings (SSSR count). The van der Waals surface area contributed by atoms with Gasteiger partial charge in [0.25, 0.3) is 0 Å². The van der Waals surface area contributed by atoms with Crippen molar-refractivity contribution in [2.45, 2.75) is 6.10 Å². The minimum absolute atomic E-state index is 0.122. The third-order valence-corrected chi connectivity index (χ3v) is 3.41. The van der Waals surface area contributed by atoms with E-state index in [1.165, 1.54) is 12.1 Å². The van der Waals surface area contributed by atoms with Gasteiger partial charge >= 0.3 is 0 Å². The second-order valence-corrected chi connectivity index (χ2v) is 5.25. The van der Waals surface area contributed by atoms with E-state index in [9.17, 15) is 4.39 Å². The smallest absolute Gasteiger partial charge is 0.170 e. The largest absolute Gasteiger partial charge is 0.486 e. The molecule has 0 aromatic heterocycles. The molecule has 0 saturated heterocycles. The van der Waals surface area contributed by atoms with Crippen LogP contribution in [0.25, 0.3) is 0 Å². The van der Waals surface area contributed by atoms with Crippen LogP contribution in [0.4, 0.5) is 10.1 Å². The predicted octanol–water partition coefficient (Wildman–Crippen LogP) is 2.95. The van der Waals surface area contributed by atoms with E-state index in [4.69, 9.17) is 21.7 Å². The maximum Gasteiger partial charge on any atom is 0.170 e. The number of rotatable bonds is 3. The molecule has 1 heterocycles. The first kappa shape index (κ1) is 14.6. The van der Waals surface area contributed by atoms with Crippen molar-refractivity contribution in [1.82, 2.24) is 5.32 Å². The number of halogens is 1. The van der Waals surface area contributed by atoms with Gasteiger partial charge in [0.2, 0.25) is 0 Å². The van der Waals surface area contributed by atoms with Crippen LogP contribution in [0, 0.1) is 5.82 Å². The van der Waals surface area contributed by atoms with Crippen LogP contribution < -0.4 is 20.1 Å². The average molecular weight is 318 g/mol. The molecule has 22 heavy (non-hydrogen) atoms. The van der Waals surface area contributed by atoms with Crippen molar-refractivity contribution < 1.29 is 13.9 Å². The number of nitrogens with one attached hydrogen (secondary N) is 2. The summed E-state index contributed by atoms with van der Waals surface area (Å²) in [4.78, 5) is 0. The molecule has 0 unspecified atom stereocenters. The Kier molecular flexibility index (Phi) is 4.39. The van der Waals surface area contributed by atoms with Crippen LogP contribution in [0.3, 0.4) is 0 Å². The molecule has 0 amide bonds. The Morgan fingerprint density at radius 3 is 2.64 bits per heavy atom. The second kappa shape index (κ2) is 6.62. The Balaban J connectivity index is 1.49. The first-order valence-corrected chi connectivity index (χ1v) is 7.30. The maximum absolute atomic E-state index is 12.8. The molecule has 0 saturated carbocycles. The van der Waals surface area contributed by atoms with Crippen LogP contribution in [0.1, 0.15) is 0 Å². The van der Waals surface area contributed by atoms with Gasteiger partial charge in [0.1, 0.15) is 18.5 Å². The lowest BCUT2D eigenvalue weighted by Crippen LogP contribution is -2.42. The van der Waals surface area contributed by atoms with Crippen LogP contribution in [0.15, 0.2) is 48.5 Å². The summed E-state index contributed by atoms with van der Waals surface area (Å²) in [5, 5.41) is 6.51. The van der Waals surface area contributed by atoms with E-state index >= 15 is 0 Å². The van der Waals surface area contributed by atoms with Gasteiger partial charge in [0.05, 0.1) is 6.54 Å². The zero-order valence-electron chi connectivity index (χ0n) is 11.7. The van der Waals surface area contributed by atoms with E-state index < -0.39 is 0 Å². The van der Waals surface area contributed by atoms with Crippen molar-refractivity contribution in [3.63, 3.8) is 0 Å². The second-order valence-electron chi connectivity index (χ2n) is 4.84. The minimum Gasteiger partial charge on any atom is -0.486 e. The van der Waals surface area contributed by atoms with E-state index in [1.54, 1.807) is 12.1 Å². The number of ether oxygens (including phenoxy) is 2. The standard InChI is InChI=1S/C16H15FN2O2S/c17-11-5-7-12(8-6-11)19-16(22)18-9-13-10-20-14-3-1-2-4-15(14)21-13/h1-8,13H,9-10H2,(H2,18,19,22)/t13-/m1/s1. The number of benzene rings is 2.